The molecule has 0 unspecified atom stereocenters. The summed E-state index contributed by atoms with van der Waals surface area (Å²) in [6.07, 6.45) is 1.55. The highest BCUT2D eigenvalue weighted by Crippen LogP contribution is 2.22. The maximum absolute atomic E-state index is 11.8. The Bertz CT molecular complexity index is 789. The Morgan fingerprint density at radius 1 is 1.39 bits per heavy atom. The number of halogens is 1. The van der Waals surface area contributed by atoms with Crippen molar-refractivity contribution < 1.29 is 14.3 Å². The van der Waals surface area contributed by atoms with Gasteiger partial charge in [-0.2, -0.15) is 5.10 Å². The summed E-state index contributed by atoms with van der Waals surface area (Å²) < 4.78 is 11.5. The van der Waals surface area contributed by atoms with E-state index in [-0.39, 0.29) is 5.56 Å². The Labute approximate surface area is 141 Å². The number of ether oxygens (including phenoxy) is 2. The van der Waals surface area contributed by atoms with Gasteiger partial charge >= 0.3 is 5.97 Å². The van der Waals surface area contributed by atoms with Gasteiger partial charge in [-0.05, 0) is 33.6 Å². The van der Waals surface area contributed by atoms with Crippen LogP contribution >= 0.6 is 15.9 Å². The number of carbonyl (C=O) groups excluding carboxylic acids is 1. The number of aryl methyl sites for hydroxylation is 1. The molecule has 0 radical (unpaired) electrons. The lowest BCUT2D eigenvalue weighted by Gasteiger charge is -2.11. The topological polar surface area (TPSA) is 82.5 Å². The standard InChI is InChI=1S/C15H16BrN3O4/c1-19-14(20)13(16)11(8-18-19)17-7-9-4-5-12(22-2)10(6-9)15(21)23-3/h4-6,8,17H,7H2,1-3H3. The molecule has 0 spiro atoms. The van der Waals surface area contributed by atoms with E-state index in [0.29, 0.717) is 28.0 Å². The minimum absolute atomic E-state index is 0.236. The number of carbonyl (C=O) groups is 1. The van der Waals surface area contributed by atoms with Crippen LogP contribution in [0.3, 0.4) is 0 Å². The van der Waals surface area contributed by atoms with Crippen LogP contribution in [-0.4, -0.2) is 30.0 Å². The molecule has 1 aromatic heterocycles. The van der Waals surface area contributed by atoms with E-state index < -0.39 is 5.97 Å². The Morgan fingerprint density at radius 2 is 2.13 bits per heavy atom. The molecule has 7 nitrogen and oxygen atoms in total. The number of esters is 1. The summed E-state index contributed by atoms with van der Waals surface area (Å²) in [4.78, 5) is 23.6. The van der Waals surface area contributed by atoms with Crippen LogP contribution in [0.1, 0.15) is 15.9 Å². The Hall–Kier alpha value is -2.35. The molecule has 0 aliphatic heterocycles. The van der Waals surface area contributed by atoms with Gasteiger partial charge in [0, 0.05) is 13.6 Å². The lowest BCUT2D eigenvalue weighted by atomic mass is 10.1. The molecule has 0 saturated heterocycles. The van der Waals surface area contributed by atoms with Crippen LogP contribution in [-0.2, 0) is 18.3 Å². The van der Waals surface area contributed by atoms with E-state index in [1.807, 2.05) is 6.07 Å². The normalized spacial score (nSPS) is 10.3. The van der Waals surface area contributed by atoms with E-state index in [0.717, 1.165) is 5.56 Å². The van der Waals surface area contributed by atoms with Gasteiger partial charge in [0.15, 0.2) is 0 Å². The van der Waals surface area contributed by atoms with E-state index >= 15 is 0 Å². The van der Waals surface area contributed by atoms with Crippen molar-refractivity contribution in [3.8, 4) is 5.75 Å². The molecule has 0 bridgehead atoms. The van der Waals surface area contributed by atoms with Gasteiger partial charge in [0.1, 0.15) is 15.8 Å². The third kappa shape index (κ3) is 3.70. The van der Waals surface area contributed by atoms with Gasteiger partial charge in [0.05, 0.1) is 26.1 Å². The summed E-state index contributed by atoms with van der Waals surface area (Å²) in [7, 11) is 4.38. The second-order valence-electron chi connectivity index (χ2n) is 4.68. The average Bonchev–Trinajstić information content (AvgIpc) is 2.58. The highest BCUT2D eigenvalue weighted by atomic mass is 79.9. The monoisotopic (exact) mass is 381 g/mol. The van der Waals surface area contributed by atoms with Crippen LogP contribution in [0.5, 0.6) is 5.75 Å². The van der Waals surface area contributed by atoms with Crippen LogP contribution < -0.4 is 15.6 Å². The molecule has 23 heavy (non-hydrogen) atoms. The number of nitrogens with zero attached hydrogens (tertiary/aromatic N) is 2. The summed E-state index contributed by atoms with van der Waals surface area (Å²) in [5.74, 6) is -0.0304. The van der Waals surface area contributed by atoms with Gasteiger partial charge in [0.25, 0.3) is 5.56 Å². The summed E-state index contributed by atoms with van der Waals surface area (Å²) in [6, 6.07) is 5.20. The van der Waals surface area contributed by atoms with Crippen molar-refractivity contribution in [3.63, 3.8) is 0 Å². The second kappa shape index (κ2) is 7.28. The summed E-state index contributed by atoms with van der Waals surface area (Å²) in [5, 5.41) is 7.06. The molecule has 2 rings (SSSR count). The highest BCUT2D eigenvalue weighted by molar-refractivity contribution is 9.10. The van der Waals surface area contributed by atoms with E-state index in [1.54, 1.807) is 25.4 Å². The Kier molecular flexibility index (Phi) is 5.38. The van der Waals surface area contributed by atoms with Crippen LogP contribution in [0, 0.1) is 0 Å². The molecule has 1 heterocycles. The SMILES string of the molecule is COC(=O)c1cc(CNc2cnn(C)c(=O)c2Br)ccc1OC. The first-order chi connectivity index (χ1) is 11.0. The second-order valence-corrected chi connectivity index (χ2v) is 5.47. The molecule has 2 aromatic rings. The minimum Gasteiger partial charge on any atom is -0.496 e. The molecule has 0 saturated carbocycles. The van der Waals surface area contributed by atoms with Crippen molar-refractivity contribution in [2.75, 3.05) is 19.5 Å². The first-order valence-corrected chi connectivity index (χ1v) is 7.48. The van der Waals surface area contributed by atoms with Crippen molar-refractivity contribution in [1.82, 2.24) is 9.78 Å². The fraction of sp³-hybridized carbons (Fsp3) is 0.267. The average molecular weight is 382 g/mol. The van der Waals surface area contributed by atoms with Gasteiger partial charge < -0.3 is 14.8 Å². The summed E-state index contributed by atoms with van der Waals surface area (Å²) in [5.41, 5.74) is 1.51. The van der Waals surface area contributed by atoms with Crippen LogP contribution in [0.25, 0.3) is 0 Å². The Morgan fingerprint density at radius 3 is 2.78 bits per heavy atom. The third-order valence-corrected chi connectivity index (χ3v) is 4.00. The first-order valence-electron chi connectivity index (χ1n) is 6.68. The molecule has 1 N–H and O–H groups in total. The van der Waals surface area contributed by atoms with Gasteiger partial charge in [-0.3, -0.25) is 4.79 Å². The van der Waals surface area contributed by atoms with E-state index in [9.17, 15) is 9.59 Å². The van der Waals surface area contributed by atoms with Gasteiger partial charge in [-0.15, -0.1) is 0 Å². The largest absolute Gasteiger partial charge is 0.496 e. The van der Waals surface area contributed by atoms with Crippen molar-refractivity contribution in [3.05, 3.63) is 50.3 Å². The van der Waals surface area contributed by atoms with Crippen LogP contribution in [0.4, 0.5) is 5.69 Å². The fourth-order valence-electron chi connectivity index (χ4n) is 1.97. The lowest BCUT2D eigenvalue weighted by molar-refractivity contribution is 0.0597. The maximum Gasteiger partial charge on any atom is 0.341 e. The van der Waals surface area contributed by atoms with Gasteiger partial charge in [0.2, 0.25) is 0 Å². The molecular formula is C15H16BrN3O4. The summed E-state index contributed by atoms with van der Waals surface area (Å²) in [6.45, 7) is 0.404. The zero-order chi connectivity index (χ0) is 17.0. The van der Waals surface area contributed by atoms with E-state index in [4.69, 9.17) is 9.47 Å². The molecule has 0 aliphatic rings. The van der Waals surface area contributed by atoms with Crippen molar-refractivity contribution in [2.45, 2.75) is 6.54 Å². The smallest absolute Gasteiger partial charge is 0.341 e. The lowest BCUT2D eigenvalue weighted by Crippen LogP contribution is -2.21. The number of benzene rings is 1. The predicted octanol–water partition coefficient (Wildman–Crippen LogP) is 1.95. The predicted molar refractivity (Wildman–Crippen MR) is 88.8 cm³/mol. The Balaban J connectivity index is 2.23. The number of anilines is 1. The quantitative estimate of drug-likeness (QED) is 0.797. The van der Waals surface area contributed by atoms with E-state index in [1.165, 1.54) is 18.9 Å². The van der Waals surface area contributed by atoms with Crippen molar-refractivity contribution in [1.29, 1.82) is 0 Å². The number of hydrogen-bond donors (Lipinski definition) is 1. The maximum atomic E-state index is 11.8. The third-order valence-electron chi connectivity index (χ3n) is 3.23. The van der Waals surface area contributed by atoms with Crippen LogP contribution in [0.2, 0.25) is 0 Å². The number of aromatic nitrogens is 2. The molecule has 0 atom stereocenters. The molecule has 8 heteroatoms. The molecule has 0 fully saturated rings. The van der Waals surface area contributed by atoms with E-state index in [2.05, 4.69) is 26.3 Å². The van der Waals surface area contributed by atoms with Gasteiger partial charge in [-0.25, -0.2) is 9.48 Å². The number of methoxy groups -OCH3 is 2. The fourth-order valence-corrected chi connectivity index (χ4v) is 2.46. The molecule has 0 amide bonds. The summed E-state index contributed by atoms with van der Waals surface area (Å²) >= 11 is 3.25. The molecule has 122 valence electrons. The van der Waals surface area contributed by atoms with Crippen LogP contribution in [0.15, 0.2) is 33.7 Å². The minimum atomic E-state index is -0.472. The number of hydrogen-bond acceptors (Lipinski definition) is 6. The molecular weight excluding hydrogens is 366 g/mol. The highest BCUT2D eigenvalue weighted by Gasteiger charge is 2.14. The number of rotatable bonds is 5. The molecule has 0 aliphatic carbocycles. The molecule has 1 aromatic carbocycles. The van der Waals surface area contributed by atoms with Crippen molar-refractivity contribution in [2.24, 2.45) is 7.05 Å². The zero-order valence-corrected chi connectivity index (χ0v) is 14.5. The first kappa shape index (κ1) is 17.0. The van der Waals surface area contributed by atoms with Crippen molar-refractivity contribution >= 4 is 27.6 Å². The zero-order valence-electron chi connectivity index (χ0n) is 12.9. The van der Waals surface area contributed by atoms with Gasteiger partial charge in [-0.1, -0.05) is 6.07 Å². The number of nitrogens with one attached hydrogen (secondary N) is 1.